The number of imidazole rings is 1. The molecule has 0 unspecified atom stereocenters. The van der Waals surface area contributed by atoms with E-state index in [9.17, 15) is 9.18 Å². The Balaban J connectivity index is 2.00. The molecule has 3 rings (SSSR count). The van der Waals surface area contributed by atoms with Crippen molar-refractivity contribution in [2.45, 2.75) is 27.4 Å². The Morgan fingerprint density at radius 3 is 2.88 bits per heavy atom. The molecule has 3 aromatic rings. The summed E-state index contributed by atoms with van der Waals surface area (Å²) in [4.78, 5) is 20.6. The zero-order chi connectivity index (χ0) is 18.0. The lowest BCUT2D eigenvalue weighted by atomic mass is 10.3. The molecule has 0 aromatic carbocycles. The molecular formula is C18H18FN3O3. The van der Waals surface area contributed by atoms with Gasteiger partial charge in [-0.05, 0) is 44.5 Å². The molecule has 0 bridgehead atoms. The average molecular weight is 343 g/mol. The summed E-state index contributed by atoms with van der Waals surface area (Å²) in [5.74, 6) is -0.429. The molecule has 3 aromatic heterocycles. The average Bonchev–Trinajstić information content (AvgIpc) is 2.90. The third-order valence-electron chi connectivity index (χ3n) is 3.67. The molecule has 0 aliphatic heterocycles. The maximum atomic E-state index is 13.7. The van der Waals surface area contributed by atoms with E-state index < -0.39 is 11.8 Å². The van der Waals surface area contributed by atoms with Crippen molar-refractivity contribution in [3.05, 3.63) is 59.1 Å². The predicted octanol–water partition coefficient (Wildman–Crippen LogP) is 3.24. The molecule has 130 valence electrons. The number of halogens is 1. The Labute approximate surface area is 144 Å². The number of carbonyl (C=O) groups is 1. The lowest BCUT2D eigenvalue weighted by Gasteiger charge is -2.10. The lowest BCUT2D eigenvalue weighted by molar-refractivity contribution is 0.0517. The number of pyridine rings is 2. The van der Waals surface area contributed by atoms with Gasteiger partial charge >= 0.3 is 5.97 Å². The topological polar surface area (TPSA) is 65.7 Å². The number of ether oxygens (including phenoxy) is 2. The van der Waals surface area contributed by atoms with Gasteiger partial charge in [-0.3, -0.25) is 9.38 Å². The predicted molar refractivity (Wildman–Crippen MR) is 89.1 cm³/mol. The molecule has 6 nitrogen and oxygen atoms in total. The molecule has 0 aliphatic rings. The van der Waals surface area contributed by atoms with Gasteiger partial charge in [-0.1, -0.05) is 0 Å². The quantitative estimate of drug-likeness (QED) is 0.666. The van der Waals surface area contributed by atoms with Gasteiger partial charge in [0.15, 0.2) is 17.1 Å². The SMILES string of the molecule is CCOC(=O)c1c(C)nc2c(OCc3ncccc3F)cc(C)cn12. The zero-order valence-electron chi connectivity index (χ0n) is 14.2. The highest BCUT2D eigenvalue weighted by molar-refractivity contribution is 5.90. The largest absolute Gasteiger partial charge is 0.483 e. The standard InChI is InChI=1S/C18H18FN3O3/c1-4-24-18(23)16-12(3)21-17-15(8-11(2)9-22(16)17)25-10-14-13(19)6-5-7-20-14/h5-9H,4,10H2,1-3H3. The van der Waals surface area contributed by atoms with Crippen LogP contribution in [-0.4, -0.2) is 26.9 Å². The van der Waals surface area contributed by atoms with E-state index in [-0.39, 0.29) is 18.9 Å². The van der Waals surface area contributed by atoms with Gasteiger partial charge in [0.05, 0.1) is 12.3 Å². The van der Waals surface area contributed by atoms with Crippen LogP contribution in [0.5, 0.6) is 5.75 Å². The number of carbonyl (C=O) groups excluding carboxylic acids is 1. The minimum absolute atomic E-state index is 0.0353. The van der Waals surface area contributed by atoms with Crippen LogP contribution in [0.15, 0.2) is 30.6 Å². The second-order valence-electron chi connectivity index (χ2n) is 5.56. The zero-order valence-corrected chi connectivity index (χ0v) is 14.2. The first-order valence-corrected chi connectivity index (χ1v) is 7.90. The maximum Gasteiger partial charge on any atom is 0.357 e. The van der Waals surface area contributed by atoms with Crippen LogP contribution in [-0.2, 0) is 11.3 Å². The van der Waals surface area contributed by atoms with Gasteiger partial charge in [0.25, 0.3) is 0 Å². The highest BCUT2D eigenvalue weighted by atomic mass is 19.1. The second kappa shape index (κ2) is 6.88. The first kappa shape index (κ1) is 16.9. The number of fused-ring (bicyclic) bond motifs is 1. The fourth-order valence-corrected chi connectivity index (χ4v) is 2.58. The molecule has 0 amide bonds. The number of aromatic nitrogens is 3. The molecule has 0 fully saturated rings. The van der Waals surface area contributed by atoms with E-state index in [1.165, 1.54) is 18.3 Å². The third kappa shape index (κ3) is 3.31. The van der Waals surface area contributed by atoms with E-state index in [2.05, 4.69) is 9.97 Å². The van der Waals surface area contributed by atoms with Crippen LogP contribution in [0.3, 0.4) is 0 Å². The first-order chi connectivity index (χ1) is 12.0. The van der Waals surface area contributed by atoms with E-state index in [4.69, 9.17) is 9.47 Å². The highest BCUT2D eigenvalue weighted by Gasteiger charge is 2.20. The Kier molecular flexibility index (Phi) is 4.65. The van der Waals surface area contributed by atoms with Crippen LogP contribution in [0.4, 0.5) is 4.39 Å². The lowest BCUT2D eigenvalue weighted by Crippen LogP contribution is -2.10. The molecule has 0 N–H and O–H groups in total. The van der Waals surface area contributed by atoms with Gasteiger partial charge < -0.3 is 9.47 Å². The van der Waals surface area contributed by atoms with Crippen LogP contribution in [0.25, 0.3) is 5.65 Å². The highest BCUT2D eigenvalue weighted by Crippen LogP contribution is 2.25. The van der Waals surface area contributed by atoms with Gasteiger partial charge in [-0.15, -0.1) is 0 Å². The minimum atomic E-state index is -0.445. The van der Waals surface area contributed by atoms with Crippen molar-refractivity contribution in [1.29, 1.82) is 0 Å². The fraction of sp³-hybridized carbons (Fsp3) is 0.278. The van der Waals surface area contributed by atoms with E-state index in [0.717, 1.165) is 5.56 Å². The summed E-state index contributed by atoms with van der Waals surface area (Å²) >= 11 is 0. The number of rotatable bonds is 5. The van der Waals surface area contributed by atoms with Gasteiger partial charge in [-0.25, -0.2) is 14.2 Å². The van der Waals surface area contributed by atoms with Crippen molar-refractivity contribution in [3.8, 4) is 5.75 Å². The van der Waals surface area contributed by atoms with Gasteiger partial charge in [0.2, 0.25) is 0 Å². The molecule has 0 saturated heterocycles. The molecule has 0 saturated carbocycles. The van der Waals surface area contributed by atoms with Gasteiger partial charge in [-0.2, -0.15) is 0 Å². The molecule has 0 radical (unpaired) electrons. The van der Waals surface area contributed by atoms with E-state index in [1.807, 2.05) is 6.92 Å². The fourth-order valence-electron chi connectivity index (χ4n) is 2.58. The maximum absolute atomic E-state index is 13.7. The van der Waals surface area contributed by atoms with E-state index >= 15 is 0 Å². The summed E-state index contributed by atoms with van der Waals surface area (Å²) in [6.07, 6.45) is 3.29. The molecule has 0 spiro atoms. The van der Waals surface area contributed by atoms with Crippen LogP contribution >= 0.6 is 0 Å². The van der Waals surface area contributed by atoms with Crippen molar-refractivity contribution < 1.29 is 18.7 Å². The van der Waals surface area contributed by atoms with Gasteiger partial charge in [0.1, 0.15) is 18.1 Å². The molecule has 3 heterocycles. The summed E-state index contributed by atoms with van der Waals surface area (Å²) in [6, 6.07) is 4.64. The molecule has 0 aliphatic carbocycles. The number of aryl methyl sites for hydroxylation is 2. The minimum Gasteiger partial charge on any atom is -0.483 e. The van der Waals surface area contributed by atoms with E-state index in [1.54, 1.807) is 30.5 Å². The Bertz CT molecular complexity index is 937. The Morgan fingerprint density at radius 1 is 1.36 bits per heavy atom. The van der Waals surface area contributed by atoms with Crippen LogP contribution in [0.1, 0.15) is 34.4 Å². The van der Waals surface area contributed by atoms with Crippen LogP contribution in [0.2, 0.25) is 0 Å². The monoisotopic (exact) mass is 343 g/mol. The molecule has 25 heavy (non-hydrogen) atoms. The summed E-state index contributed by atoms with van der Waals surface area (Å²) in [7, 11) is 0. The van der Waals surface area contributed by atoms with Crippen molar-refractivity contribution in [1.82, 2.24) is 14.4 Å². The molecule has 7 heteroatoms. The van der Waals surface area contributed by atoms with Crippen LogP contribution < -0.4 is 4.74 Å². The number of hydrogen-bond acceptors (Lipinski definition) is 5. The van der Waals surface area contributed by atoms with Gasteiger partial charge in [0, 0.05) is 12.4 Å². The second-order valence-corrected chi connectivity index (χ2v) is 5.56. The Hall–Kier alpha value is -2.96. The number of esters is 1. The third-order valence-corrected chi connectivity index (χ3v) is 3.67. The van der Waals surface area contributed by atoms with Crippen molar-refractivity contribution in [3.63, 3.8) is 0 Å². The van der Waals surface area contributed by atoms with E-state index in [0.29, 0.717) is 22.8 Å². The first-order valence-electron chi connectivity index (χ1n) is 7.90. The summed E-state index contributed by atoms with van der Waals surface area (Å²) < 4.78 is 26.2. The smallest absolute Gasteiger partial charge is 0.357 e. The summed E-state index contributed by atoms with van der Waals surface area (Å²) in [5.41, 5.74) is 2.44. The van der Waals surface area contributed by atoms with Crippen molar-refractivity contribution in [2.75, 3.05) is 6.61 Å². The number of nitrogens with zero attached hydrogens (tertiary/aromatic N) is 3. The van der Waals surface area contributed by atoms with Crippen LogP contribution in [0, 0.1) is 19.7 Å². The summed E-state index contributed by atoms with van der Waals surface area (Å²) in [5, 5.41) is 0. The molecular weight excluding hydrogens is 325 g/mol. The Morgan fingerprint density at radius 2 is 2.16 bits per heavy atom. The normalized spacial score (nSPS) is 10.9. The van der Waals surface area contributed by atoms with Crippen molar-refractivity contribution >= 4 is 11.6 Å². The number of hydrogen-bond donors (Lipinski definition) is 0. The summed E-state index contributed by atoms with van der Waals surface area (Å²) in [6.45, 7) is 5.60. The van der Waals surface area contributed by atoms with Crippen molar-refractivity contribution in [2.24, 2.45) is 0 Å². The molecule has 0 atom stereocenters.